The van der Waals surface area contributed by atoms with Crippen LogP contribution in [-0.4, -0.2) is 14.4 Å². The molecular formula is C12H9N3O. The smallest absolute Gasteiger partial charge is 0.181 e. The van der Waals surface area contributed by atoms with Gasteiger partial charge in [-0.15, -0.1) is 0 Å². The maximum Gasteiger partial charge on any atom is 0.181 e. The summed E-state index contributed by atoms with van der Waals surface area (Å²) in [6, 6.07) is 9.29. The van der Waals surface area contributed by atoms with Crippen LogP contribution in [0.1, 0.15) is 0 Å². The van der Waals surface area contributed by atoms with Crippen molar-refractivity contribution in [2.75, 3.05) is 0 Å². The third-order valence-corrected chi connectivity index (χ3v) is 2.28. The molecule has 0 aliphatic carbocycles. The summed E-state index contributed by atoms with van der Waals surface area (Å²) in [5.41, 5.74) is 2.31. The highest BCUT2D eigenvalue weighted by molar-refractivity contribution is 5.71. The summed E-state index contributed by atoms with van der Waals surface area (Å²) in [6.07, 6.45) is 6.97. The van der Waals surface area contributed by atoms with Crippen molar-refractivity contribution in [1.29, 1.82) is 0 Å². The highest BCUT2D eigenvalue weighted by Gasteiger charge is 1.99. The Balaban J connectivity index is 2.55. The van der Waals surface area contributed by atoms with Gasteiger partial charge in [0.25, 0.3) is 0 Å². The summed E-state index contributed by atoms with van der Waals surface area (Å²) >= 11 is 0. The minimum absolute atomic E-state index is 0.710. The standard InChI is InChI=1S/C12H9N3O/c1-2-6-14-12-10(16-9-3-1)4-5-11-13-7-8-15(11)12/h1-9H. The normalized spacial score (nSPS) is 10.5. The Labute approximate surface area is 91.5 Å². The zero-order valence-electron chi connectivity index (χ0n) is 8.45. The summed E-state index contributed by atoms with van der Waals surface area (Å²) in [5.74, 6) is 0. The molecule has 4 heteroatoms. The number of hydrogen-bond donors (Lipinski definition) is 0. The summed E-state index contributed by atoms with van der Waals surface area (Å²) < 4.78 is 7.38. The fourth-order valence-corrected chi connectivity index (χ4v) is 1.56. The number of pyridine rings is 1. The molecule has 0 atom stereocenters. The molecule has 0 bridgehead atoms. The molecule has 0 amide bonds. The highest BCUT2D eigenvalue weighted by atomic mass is 16.3. The van der Waals surface area contributed by atoms with Gasteiger partial charge in [0, 0.05) is 18.6 Å². The molecule has 16 heavy (non-hydrogen) atoms. The second kappa shape index (κ2) is 3.66. The van der Waals surface area contributed by atoms with Gasteiger partial charge in [-0.2, -0.15) is 0 Å². The number of nitrogens with zero attached hydrogens (tertiary/aromatic N) is 3. The van der Waals surface area contributed by atoms with E-state index in [1.54, 1.807) is 18.7 Å². The minimum Gasteiger partial charge on any atom is -0.461 e. The van der Waals surface area contributed by atoms with Crippen molar-refractivity contribution in [3.63, 3.8) is 0 Å². The van der Waals surface area contributed by atoms with Crippen LogP contribution >= 0.6 is 0 Å². The van der Waals surface area contributed by atoms with Gasteiger partial charge in [-0.25, -0.2) is 9.97 Å². The van der Waals surface area contributed by atoms with E-state index in [-0.39, 0.29) is 0 Å². The fraction of sp³-hybridized carbons (Fsp3) is 0. The molecule has 0 N–H and O–H groups in total. The number of aromatic nitrogens is 3. The van der Waals surface area contributed by atoms with E-state index in [1.165, 1.54) is 0 Å². The van der Waals surface area contributed by atoms with E-state index in [0.717, 1.165) is 11.3 Å². The van der Waals surface area contributed by atoms with Crippen LogP contribution in [-0.2, 0) is 0 Å². The first kappa shape index (κ1) is 8.91. The fourth-order valence-electron chi connectivity index (χ4n) is 1.56. The summed E-state index contributed by atoms with van der Waals surface area (Å²) in [6.45, 7) is 0. The molecule has 0 saturated heterocycles. The van der Waals surface area contributed by atoms with Gasteiger partial charge < -0.3 is 4.42 Å². The Kier molecular flexibility index (Phi) is 2.04. The monoisotopic (exact) mass is 211 g/mol. The zero-order valence-corrected chi connectivity index (χ0v) is 8.45. The lowest BCUT2D eigenvalue weighted by Crippen LogP contribution is -1.87. The number of rotatable bonds is 0. The quantitative estimate of drug-likeness (QED) is 0.574. The Morgan fingerprint density at radius 3 is 3.00 bits per heavy atom. The van der Waals surface area contributed by atoms with Crippen LogP contribution in [0.2, 0.25) is 0 Å². The third kappa shape index (κ3) is 1.40. The SMILES string of the molecule is c1ccnc2c(ccc3nccn32)occ1. The van der Waals surface area contributed by atoms with Gasteiger partial charge in [0.05, 0.1) is 6.26 Å². The predicted molar refractivity (Wildman–Crippen MR) is 60.4 cm³/mol. The van der Waals surface area contributed by atoms with Gasteiger partial charge in [-0.05, 0) is 24.3 Å². The van der Waals surface area contributed by atoms with E-state index < -0.39 is 0 Å². The van der Waals surface area contributed by atoms with Crippen LogP contribution in [0.4, 0.5) is 0 Å². The van der Waals surface area contributed by atoms with Crippen LogP contribution in [0, 0.1) is 0 Å². The number of fused-ring (bicyclic) bond motifs is 3. The largest absolute Gasteiger partial charge is 0.461 e. The van der Waals surface area contributed by atoms with Crippen LogP contribution in [0.3, 0.4) is 0 Å². The Morgan fingerprint density at radius 2 is 2.00 bits per heavy atom. The molecule has 3 heterocycles. The first-order valence-electron chi connectivity index (χ1n) is 4.94. The molecule has 0 spiro atoms. The lowest BCUT2D eigenvalue weighted by atomic mass is 10.4. The molecular weight excluding hydrogens is 202 g/mol. The average molecular weight is 211 g/mol. The van der Waals surface area contributed by atoms with Crippen molar-refractivity contribution in [2.24, 2.45) is 0 Å². The van der Waals surface area contributed by atoms with E-state index in [4.69, 9.17) is 4.42 Å². The van der Waals surface area contributed by atoms with Crippen molar-refractivity contribution < 1.29 is 4.42 Å². The molecule has 0 aliphatic rings. The molecule has 3 aromatic heterocycles. The highest BCUT2D eigenvalue weighted by Crippen LogP contribution is 2.11. The predicted octanol–water partition coefficient (Wildman–Crippen LogP) is 2.60. The molecule has 3 aromatic rings. The third-order valence-electron chi connectivity index (χ3n) is 2.28. The van der Waals surface area contributed by atoms with E-state index >= 15 is 0 Å². The summed E-state index contributed by atoms with van der Waals surface area (Å²) in [4.78, 5) is 8.56. The average Bonchev–Trinajstić information content (AvgIpc) is 2.80. The Morgan fingerprint density at radius 1 is 1.00 bits per heavy atom. The van der Waals surface area contributed by atoms with Crippen molar-refractivity contribution in [1.82, 2.24) is 14.4 Å². The molecule has 0 radical (unpaired) electrons. The van der Waals surface area contributed by atoms with Gasteiger partial charge in [-0.1, -0.05) is 6.07 Å². The second-order valence-corrected chi connectivity index (χ2v) is 3.29. The van der Waals surface area contributed by atoms with Gasteiger partial charge in [0.2, 0.25) is 0 Å². The van der Waals surface area contributed by atoms with Crippen molar-refractivity contribution >= 4 is 16.9 Å². The van der Waals surface area contributed by atoms with Crippen LogP contribution in [0.15, 0.2) is 59.6 Å². The van der Waals surface area contributed by atoms with Crippen LogP contribution < -0.4 is 0 Å². The summed E-state index contributed by atoms with van der Waals surface area (Å²) in [7, 11) is 0. The summed E-state index contributed by atoms with van der Waals surface area (Å²) in [5, 5.41) is 0. The molecule has 0 saturated carbocycles. The number of hydrogen-bond acceptors (Lipinski definition) is 3. The van der Waals surface area contributed by atoms with Gasteiger partial charge in [0.1, 0.15) is 5.65 Å². The molecule has 0 aliphatic heterocycles. The molecule has 0 unspecified atom stereocenters. The second-order valence-electron chi connectivity index (χ2n) is 3.29. The lowest BCUT2D eigenvalue weighted by molar-refractivity contribution is 0.604. The van der Waals surface area contributed by atoms with Crippen molar-refractivity contribution in [3.8, 4) is 0 Å². The topological polar surface area (TPSA) is 43.3 Å². The van der Waals surface area contributed by atoms with Gasteiger partial charge in [-0.3, -0.25) is 4.40 Å². The zero-order chi connectivity index (χ0) is 10.8. The van der Waals surface area contributed by atoms with E-state index in [0.29, 0.717) is 5.58 Å². The van der Waals surface area contributed by atoms with Crippen LogP contribution in [0.25, 0.3) is 16.9 Å². The van der Waals surface area contributed by atoms with Crippen LogP contribution in [0.5, 0.6) is 0 Å². The molecule has 3 rings (SSSR count). The Hall–Kier alpha value is -2.36. The van der Waals surface area contributed by atoms with Crippen molar-refractivity contribution in [3.05, 3.63) is 55.2 Å². The van der Waals surface area contributed by atoms with Crippen molar-refractivity contribution in [2.45, 2.75) is 0 Å². The Bertz CT molecular complexity index is 677. The first-order chi connectivity index (χ1) is 7.95. The molecule has 0 fully saturated rings. The minimum atomic E-state index is 0.710. The first-order valence-corrected chi connectivity index (χ1v) is 4.94. The van der Waals surface area contributed by atoms with E-state index in [1.807, 2.05) is 40.9 Å². The van der Waals surface area contributed by atoms with Gasteiger partial charge in [0.15, 0.2) is 11.2 Å². The maximum absolute atomic E-state index is 5.49. The maximum atomic E-state index is 5.49. The van der Waals surface area contributed by atoms with E-state index in [9.17, 15) is 0 Å². The molecule has 0 aromatic carbocycles. The molecule has 78 valence electrons. The lowest BCUT2D eigenvalue weighted by Gasteiger charge is -1.95. The van der Waals surface area contributed by atoms with E-state index in [2.05, 4.69) is 9.97 Å². The van der Waals surface area contributed by atoms with Gasteiger partial charge >= 0.3 is 0 Å². The molecule has 4 nitrogen and oxygen atoms in total. The number of imidazole rings is 1.